The fraction of sp³-hybridized carbons (Fsp3) is 0.600. The number of benzene rings is 1. The number of ether oxygens (including phenoxy) is 1. The number of hydrogen-bond acceptors (Lipinski definition) is 5. The average molecular weight is 454 g/mol. The van der Waals surface area contributed by atoms with Crippen LogP contribution in [0.4, 0.5) is 5.69 Å². The van der Waals surface area contributed by atoms with Gasteiger partial charge >= 0.3 is 0 Å². The van der Waals surface area contributed by atoms with Crippen molar-refractivity contribution in [1.29, 1.82) is 0 Å². The zero-order chi connectivity index (χ0) is 23.1. The zero-order valence-corrected chi connectivity index (χ0v) is 18.9. The Morgan fingerprint density at radius 2 is 1.76 bits per heavy atom. The fourth-order valence-electron chi connectivity index (χ4n) is 5.49. The Bertz CT molecular complexity index is 951. The summed E-state index contributed by atoms with van der Waals surface area (Å²) in [6.45, 7) is 2.51. The van der Waals surface area contributed by atoms with Crippen molar-refractivity contribution in [2.45, 2.75) is 63.6 Å². The van der Waals surface area contributed by atoms with Crippen LogP contribution in [0.25, 0.3) is 0 Å². The van der Waals surface area contributed by atoms with Crippen LogP contribution in [0.5, 0.6) is 0 Å². The summed E-state index contributed by atoms with van der Waals surface area (Å²) in [5, 5.41) is 5.85. The van der Waals surface area contributed by atoms with E-state index in [1.807, 2.05) is 6.92 Å². The molecule has 4 atom stereocenters. The molecule has 33 heavy (non-hydrogen) atoms. The van der Waals surface area contributed by atoms with Crippen molar-refractivity contribution in [2.75, 3.05) is 18.5 Å². The van der Waals surface area contributed by atoms with Crippen molar-refractivity contribution in [1.82, 2.24) is 10.2 Å². The largest absolute Gasteiger partial charge is 0.367 e. The van der Waals surface area contributed by atoms with Gasteiger partial charge in [0, 0.05) is 29.6 Å². The van der Waals surface area contributed by atoms with Gasteiger partial charge in [-0.3, -0.25) is 19.2 Å². The Balaban J connectivity index is 1.29. The van der Waals surface area contributed by atoms with Gasteiger partial charge in [0.05, 0.1) is 6.10 Å². The molecule has 176 valence electrons. The van der Waals surface area contributed by atoms with E-state index in [9.17, 15) is 19.2 Å². The summed E-state index contributed by atoms with van der Waals surface area (Å²) in [6.07, 6.45) is 5.43. The molecule has 8 nitrogen and oxygen atoms in total. The molecule has 4 fully saturated rings. The predicted octanol–water partition coefficient (Wildman–Crippen LogP) is 2.14. The number of amides is 3. The molecule has 0 spiro atoms. The van der Waals surface area contributed by atoms with Crippen LogP contribution in [0, 0.1) is 17.8 Å². The van der Waals surface area contributed by atoms with E-state index in [-0.39, 0.29) is 54.0 Å². The highest BCUT2D eigenvalue weighted by molar-refractivity contribution is 6.00. The molecule has 1 aromatic carbocycles. The number of rotatable bonds is 6. The maximum Gasteiger partial charge on any atom is 0.251 e. The minimum Gasteiger partial charge on any atom is -0.367 e. The summed E-state index contributed by atoms with van der Waals surface area (Å²) in [4.78, 5) is 52.7. The van der Waals surface area contributed by atoms with Gasteiger partial charge in [0.2, 0.25) is 11.8 Å². The summed E-state index contributed by atoms with van der Waals surface area (Å²) in [5.41, 5.74) is 1.09. The van der Waals surface area contributed by atoms with Crippen LogP contribution < -0.4 is 10.6 Å². The highest BCUT2D eigenvalue weighted by Crippen LogP contribution is 2.35. The number of nitrogens with zero attached hydrogens (tertiary/aromatic N) is 1. The van der Waals surface area contributed by atoms with Crippen LogP contribution in [-0.2, 0) is 19.1 Å². The number of carbonyl (C=O) groups excluding carboxylic acids is 4. The maximum absolute atomic E-state index is 13.6. The van der Waals surface area contributed by atoms with Gasteiger partial charge < -0.3 is 20.3 Å². The molecule has 0 radical (unpaired) electrons. The zero-order valence-electron chi connectivity index (χ0n) is 18.9. The first-order valence-corrected chi connectivity index (χ1v) is 12.1. The summed E-state index contributed by atoms with van der Waals surface area (Å²) in [7, 11) is 0. The van der Waals surface area contributed by atoms with Gasteiger partial charge in [0.1, 0.15) is 18.7 Å². The minimum absolute atomic E-state index is 0.0164. The Morgan fingerprint density at radius 1 is 1.06 bits per heavy atom. The number of carbonyl (C=O) groups is 4. The molecule has 0 bridgehead atoms. The number of Topliss-reactive ketones (excluding diaryl/α,β-unsaturated/α-hetero) is 1. The van der Waals surface area contributed by atoms with Crippen LogP contribution in [0.15, 0.2) is 24.3 Å². The fourth-order valence-corrected chi connectivity index (χ4v) is 5.49. The first kappa shape index (κ1) is 22.1. The van der Waals surface area contributed by atoms with Gasteiger partial charge in [-0.15, -0.1) is 0 Å². The topological polar surface area (TPSA) is 105 Å². The molecule has 5 rings (SSSR count). The van der Waals surface area contributed by atoms with E-state index in [1.54, 1.807) is 29.2 Å². The molecule has 8 heteroatoms. The Labute approximate surface area is 193 Å². The number of ketones is 1. The van der Waals surface area contributed by atoms with E-state index in [2.05, 4.69) is 10.6 Å². The SMILES string of the molecule is C[C@@H]1CN(C(=O)[C@@H](NC(=O)c2ccc(NC(=O)C3CC3)cc2)C2CCCC2)[C@@H]2C(=O)CO[C@H]12. The van der Waals surface area contributed by atoms with Gasteiger partial charge in [-0.1, -0.05) is 19.8 Å². The molecule has 0 unspecified atom stereocenters. The quantitative estimate of drug-likeness (QED) is 0.687. The maximum atomic E-state index is 13.6. The average Bonchev–Trinajstić information content (AvgIpc) is 3.23. The van der Waals surface area contributed by atoms with Crippen LogP contribution in [-0.4, -0.2) is 59.7 Å². The van der Waals surface area contributed by atoms with Crippen molar-refractivity contribution in [3.05, 3.63) is 29.8 Å². The van der Waals surface area contributed by atoms with E-state index >= 15 is 0 Å². The summed E-state index contributed by atoms with van der Waals surface area (Å²) >= 11 is 0. The molecule has 2 aliphatic carbocycles. The number of fused-ring (bicyclic) bond motifs is 1. The summed E-state index contributed by atoms with van der Waals surface area (Å²) < 4.78 is 5.63. The molecule has 2 saturated heterocycles. The van der Waals surface area contributed by atoms with Gasteiger partial charge in [0.15, 0.2) is 5.78 Å². The normalized spacial score (nSPS) is 28.0. The lowest BCUT2D eigenvalue weighted by molar-refractivity contribution is -0.139. The van der Waals surface area contributed by atoms with E-state index in [1.165, 1.54) is 0 Å². The van der Waals surface area contributed by atoms with E-state index in [4.69, 9.17) is 4.74 Å². The molecular formula is C25H31N3O5. The third kappa shape index (κ3) is 4.40. The first-order valence-electron chi connectivity index (χ1n) is 12.1. The molecule has 3 amide bonds. The van der Waals surface area contributed by atoms with Crippen LogP contribution in [0.2, 0.25) is 0 Å². The molecule has 4 aliphatic rings. The van der Waals surface area contributed by atoms with Gasteiger partial charge in [-0.05, 0) is 55.9 Å². The predicted molar refractivity (Wildman–Crippen MR) is 120 cm³/mol. The van der Waals surface area contributed by atoms with Gasteiger partial charge in [-0.25, -0.2) is 0 Å². The molecule has 2 heterocycles. The van der Waals surface area contributed by atoms with Crippen molar-refractivity contribution in [3.8, 4) is 0 Å². The lowest BCUT2D eigenvalue weighted by Crippen LogP contribution is -2.54. The van der Waals surface area contributed by atoms with Crippen molar-refractivity contribution in [2.24, 2.45) is 17.8 Å². The first-order chi connectivity index (χ1) is 15.9. The van der Waals surface area contributed by atoms with Crippen molar-refractivity contribution >= 4 is 29.2 Å². The highest BCUT2D eigenvalue weighted by Gasteiger charge is 2.52. The lowest BCUT2D eigenvalue weighted by Gasteiger charge is -2.30. The Kier molecular flexibility index (Phi) is 5.95. The third-order valence-corrected chi connectivity index (χ3v) is 7.51. The summed E-state index contributed by atoms with van der Waals surface area (Å²) in [5.74, 6) is -0.286. The second-order valence-electron chi connectivity index (χ2n) is 9.99. The molecule has 1 aromatic rings. The standard InChI is InChI=1S/C25H31N3O5/c1-14-12-28(21-19(29)13-33-22(14)21)25(32)20(15-4-2-3-5-15)27-24(31)17-8-10-18(11-9-17)26-23(30)16-6-7-16/h8-11,14-16,20-22H,2-7,12-13H2,1H3,(H,26,30)(H,27,31)/t14-,20+,21-,22-/m1/s1. The second kappa shape index (κ2) is 8.89. The minimum atomic E-state index is -0.659. The highest BCUT2D eigenvalue weighted by atomic mass is 16.5. The van der Waals surface area contributed by atoms with Crippen LogP contribution in [0.3, 0.4) is 0 Å². The van der Waals surface area contributed by atoms with Gasteiger partial charge in [-0.2, -0.15) is 0 Å². The smallest absolute Gasteiger partial charge is 0.251 e. The van der Waals surface area contributed by atoms with Crippen LogP contribution in [0.1, 0.15) is 55.8 Å². The monoisotopic (exact) mass is 453 g/mol. The van der Waals surface area contributed by atoms with Crippen molar-refractivity contribution in [3.63, 3.8) is 0 Å². The Morgan fingerprint density at radius 3 is 2.42 bits per heavy atom. The van der Waals surface area contributed by atoms with E-state index in [0.29, 0.717) is 17.8 Å². The molecular weight excluding hydrogens is 422 g/mol. The van der Waals surface area contributed by atoms with Crippen molar-refractivity contribution < 1.29 is 23.9 Å². The lowest BCUT2D eigenvalue weighted by atomic mass is 9.95. The number of likely N-dealkylation sites (tertiary alicyclic amines) is 1. The molecule has 2 saturated carbocycles. The molecule has 2 N–H and O–H groups in total. The summed E-state index contributed by atoms with van der Waals surface area (Å²) in [6, 6.07) is 5.55. The number of anilines is 1. The third-order valence-electron chi connectivity index (χ3n) is 7.51. The number of nitrogens with one attached hydrogen (secondary N) is 2. The molecule has 2 aliphatic heterocycles. The van der Waals surface area contributed by atoms with Crippen LogP contribution >= 0.6 is 0 Å². The number of hydrogen-bond donors (Lipinski definition) is 2. The second-order valence-corrected chi connectivity index (χ2v) is 9.99. The van der Waals surface area contributed by atoms with E-state index < -0.39 is 12.1 Å². The molecule has 0 aromatic heterocycles. The van der Waals surface area contributed by atoms with Gasteiger partial charge in [0.25, 0.3) is 5.91 Å². The van der Waals surface area contributed by atoms with E-state index in [0.717, 1.165) is 38.5 Å². The Hall–Kier alpha value is -2.74.